The van der Waals surface area contributed by atoms with E-state index in [4.69, 9.17) is 0 Å². The van der Waals surface area contributed by atoms with Gasteiger partial charge >= 0.3 is 0 Å². The minimum atomic E-state index is -0.141. The van der Waals surface area contributed by atoms with E-state index in [0.29, 0.717) is 11.4 Å². The van der Waals surface area contributed by atoms with Crippen molar-refractivity contribution in [3.8, 4) is 0 Å². The highest BCUT2D eigenvalue weighted by molar-refractivity contribution is 6.06. The molecule has 0 aliphatic heterocycles. The van der Waals surface area contributed by atoms with Crippen LogP contribution in [0, 0.1) is 0 Å². The fourth-order valence-corrected chi connectivity index (χ4v) is 2.08. The Labute approximate surface area is 132 Å². The number of nitrogens with zero attached hydrogens (tertiary/aromatic N) is 1. The normalized spacial score (nSPS) is 12.1. The molecule has 114 valence electrons. The molecule has 2 aromatic rings. The lowest BCUT2D eigenvalue weighted by molar-refractivity contribution is 0.0977. The van der Waals surface area contributed by atoms with E-state index in [0.717, 1.165) is 5.69 Å². The van der Waals surface area contributed by atoms with Gasteiger partial charge in [-0.1, -0.05) is 51.1 Å². The predicted octanol–water partition coefficient (Wildman–Crippen LogP) is 4.46. The summed E-state index contributed by atoms with van der Waals surface area (Å²) in [4.78, 5) is 16.6. The topological polar surface area (TPSA) is 41.5 Å². The first-order valence-corrected chi connectivity index (χ1v) is 7.38. The van der Waals surface area contributed by atoms with Gasteiger partial charge in [0.1, 0.15) is 5.84 Å². The van der Waals surface area contributed by atoms with Crippen molar-refractivity contribution < 1.29 is 4.79 Å². The average molecular weight is 294 g/mol. The maximum atomic E-state index is 12.2. The van der Waals surface area contributed by atoms with Gasteiger partial charge in [-0.2, -0.15) is 0 Å². The molecule has 3 heteroatoms. The number of rotatable bonds is 2. The summed E-state index contributed by atoms with van der Waals surface area (Å²) < 4.78 is 0. The molecule has 0 aliphatic rings. The largest absolute Gasteiger partial charge is 0.310 e. The quantitative estimate of drug-likeness (QED) is 0.644. The minimum absolute atomic E-state index is 0.0830. The SMILES string of the molecule is CC(=Nc1ccccc1)NC(=O)c1ccc(C(C)(C)C)cc1. The molecule has 2 aromatic carbocycles. The summed E-state index contributed by atoms with van der Waals surface area (Å²) in [6.07, 6.45) is 0. The van der Waals surface area contributed by atoms with Crippen LogP contribution in [0.2, 0.25) is 0 Å². The Kier molecular flexibility index (Phi) is 4.76. The Hall–Kier alpha value is -2.42. The standard InChI is InChI=1S/C19H22N2O/c1-14(20-17-8-6-5-7-9-17)21-18(22)15-10-12-16(13-11-15)19(2,3)4/h5-13H,1-4H3,(H,20,21,22). The number of aliphatic imine (C=N–C) groups is 1. The fraction of sp³-hybridized carbons (Fsp3) is 0.263. The second-order valence-corrected chi connectivity index (χ2v) is 6.31. The van der Waals surface area contributed by atoms with Crippen molar-refractivity contribution in [2.45, 2.75) is 33.1 Å². The minimum Gasteiger partial charge on any atom is -0.310 e. The van der Waals surface area contributed by atoms with Crippen molar-refractivity contribution in [1.29, 1.82) is 0 Å². The third-order valence-electron chi connectivity index (χ3n) is 3.36. The van der Waals surface area contributed by atoms with Crippen LogP contribution in [-0.4, -0.2) is 11.7 Å². The van der Waals surface area contributed by atoms with Crippen LogP contribution in [0.1, 0.15) is 43.6 Å². The van der Waals surface area contributed by atoms with Gasteiger partial charge in [0.15, 0.2) is 0 Å². The lowest BCUT2D eigenvalue weighted by Gasteiger charge is -2.19. The summed E-state index contributed by atoms with van der Waals surface area (Å²) in [7, 11) is 0. The van der Waals surface area contributed by atoms with E-state index in [-0.39, 0.29) is 11.3 Å². The van der Waals surface area contributed by atoms with Crippen molar-refractivity contribution in [3.05, 3.63) is 65.7 Å². The van der Waals surface area contributed by atoms with Crippen LogP contribution in [0.15, 0.2) is 59.6 Å². The lowest BCUT2D eigenvalue weighted by atomic mass is 9.87. The molecule has 1 amide bonds. The van der Waals surface area contributed by atoms with Crippen molar-refractivity contribution in [1.82, 2.24) is 5.32 Å². The van der Waals surface area contributed by atoms with Gasteiger partial charge in [-0.3, -0.25) is 4.79 Å². The fourth-order valence-electron chi connectivity index (χ4n) is 2.08. The molecule has 0 spiro atoms. The number of hydrogen-bond acceptors (Lipinski definition) is 2. The van der Waals surface area contributed by atoms with Gasteiger partial charge in [0.25, 0.3) is 5.91 Å². The molecular formula is C19H22N2O. The Morgan fingerprint density at radius 1 is 0.955 bits per heavy atom. The molecular weight excluding hydrogens is 272 g/mol. The molecule has 2 rings (SSSR count). The van der Waals surface area contributed by atoms with Crippen molar-refractivity contribution in [2.75, 3.05) is 0 Å². The van der Waals surface area contributed by atoms with Crippen LogP contribution in [0.5, 0.6) is 0 Å². The number of amides is 1. The average Bonchev–Trinajstić information content (AvgIpc) is 2.47. The molecule has 0 saturated carbocycles. The van der Waals surface area contributed by atoms with Crippen LogP contribution in [0.4, 0.5) is 5.69 Å². The molecule has 0 heterocycles. The van der Waals surface area contributed by atoms with Crippen molar-refractivity contribution >= 4 is 17.4 Å². The van der Waals surface area contributed by atoms with E-state index in [9.17, 15) is 4.79 Å². The molecule has 0 unspecified atom stereocenters. The number of nitrogens with one attached hydrogen (secondary N) is 1. The number of carbonyl (C=O) groups excluding carboxylic acids is 1. The molecule has 3 nitrogen and oxygen atoms in total. The molecule has 0 saturated heterocycles. The van der Waals surface area contributed by atoms with Gasteiger partial charge in [-0.05, 0) is 42.2 Å². The maximum absolute atomic E-state index is 12.2. The van der Waals surface area contributed by atoms with E-state index in [1.807, 2.05) is 54.6 Å². The zero-order valence-electron chi connectivity index (χ0n) is 13.6. The molecule has 22 heavy (non-hydrogen) atoms. The smallest absolute Gasteiger partial charge is 0.256 e. The third-order valence-corrected chi connectivity index (χ3v) is 3.36. The number of hydrogen-bond donors (Lipinski definition) is 1. The van der Waals surface area contributed by atoms with Gasteiger partial charge in [-0.15, -0.1) is 0 Å². The lowest BCUT2D eigenvalue weighted by Crippen LogP contribution is -2.28. The molecule has 0 fully saturated rings. The Bertz CT molecular complexity index is 665. The van der Waals surface area contributed by atoms with E-state index in [2.05, 4.69) is 31.1 Å². The van der Waals surface area contributed by atoms with E-state index in [1.54, 1.807) is 6.92 Å². The Balaban J connectivity index is 2.07. The van der Waals surface area contributed by atoms with Crippen molar-refractivity contribution in [2.24, 2.45) is 4.99 Å². The maximum Gasteiger partial charge on any atom is 0.256 e. The number of amidine groups is 1. The molecule has 0 bridgehead atoms. The molecule has 0 atom stereocenters. The number of para-hydroxylation sites is 1. The highest BCUT2D eigenvalue weighted by Crippen LogP contribution is 2.22. The van der Waals surface area contributed by atoms with Crippen LogP contribution >= 0.6 is 0 Å². The van der Waals surface area contributed by atoms with Crippen LogP contribution < -0.4 is 5.32 Å². The summed E-state index contributed by atoms with van der Waals surface area (Å²) in [6, 6.07) is 17.3. The van der Waals surface area contributed by atoms with Crippen molar-refractivity contribution in [3.63, 3.8) is 0 Å². The van der Waals surface area contributed by atoms with Crippen LogP contribution in [-0.2, 0) is 5.41 Å². The van der Waals surface area contributed by atoms with Gasteiger partial charge in [0, 0.05) is 5.56 Å². The summed E-state index contributed by atoms with van der Waals surface area (Å²) in [5, 5.41) is 2.81. The zero-order valence-corrected chi connectivity index (χ0v) is 13.6. The van der Waals surface area contributed by atoms with E-state index in [1.165, 1.54) is 5.56 Å². The summed E-state index contributed by atoms with van der Waals surface area (Å²) in [5.41, 5.74) is 2.75. The molecule has 0 aromatic heterocycles. The summed E-state index contributed by atoms with van der Waals surface area (Å²) in [6.45, 7) is 8.24. The van der Waals surface area contributed by atoms with Gasteiger partial charge < -0.3 is 5.32 Å². The van der Waals surface area contributed by atoms with E-state index >= 15 is 0 Å². The Morgan fingerprint density at radius 3 is 2.09 bits per heavy atom. The van der Waals surface area contributed by atoms with E-state index < -0.39 is 0 Å². The second-order valence-electron chi connectivity index (χ2n) is 6.31. The van der Waals surface area contributed by atoms with Crippen LogP contribution in [0.3, 0.4) is 0 Å². The summed E-state index contributed by atoms with van der Waals surface area (Å²) in [5.74, 6) is 0.439. The first kappa shape index (κ1) is 16.0. The number of benzene rings is 2. The summed E-state index contributed by atoms with van der Waals surface area (Å²) >= 11 is 0. The van der Waals surface area contributed by atoms with Gasteiger partial charge in [-0.25, -0.2) is 4.99 Å². The molecule has 0 radical (unpaired) electrons. The highest BCUT2D eigenvalue weighted by atomic mass is 16.1. The third kappa shape index (κ3) is 4.29. The molecule has 1 N–H and O–H groups in total. The second kappa shape index (κ2) is 6.56. The monoisotopic (exact) mass is 294 g/mol. The predicted molar refractivity (Wildman–Crippen MR) is 91.8 cm³/mol. The Morgan fingerprint density at radius 2 is 1.55 bits per heavy atom. The zero-order chi connectivity index (χ0) is 16.2. The van der Waals surface area contributed by atoms with Crippen LogP contribution in [0.25, 0.3) is 0 Å². The first-order valence-electron chi connectivity index (χ1n) is 7.38. The number of carbonyl (C=O) groups is 1. The van der Waals surface area contributed by atoms with Gasteiger partial charge in [0.05, 0.1) is 5.69 Å². The molecule has 0 aliphatic carbocycles. The first-order chi connectivity index (χ1) is 10.4. The highest BCUT2D eigenvalue weighted by Gasteiger charge is 2.14. The van der Waals surface area contributed by atoms with Gasteiger partial charge in [0.2, 0.25) is 0 Å².